The van der Waals surface area contributed by atoms with Crippen LogP contribution in [0, 0.1) is 0 Å². The molecule has 0 fully saturated rings. The fourth-order valence-corrected chi connectivity index (χ4v) is 1.33. The first-order valence-electron chi connectivity index (χ1n) is 2.64. The van der Waals surface area contributed by atoms with Crippen LogP contribution in [0.4, 0.5) is 0 Å². The first-order valence-corrected chi connectivity index (χ1v) is 5.57. The summed E-state index contributed by atoms with van der Waals surface area (Å²) >= 11 is 0.524. The molecule has 9 heavy (non-hydrogen) atoms. The van der Waals surface area contributed by atoms with Crippen LogP contribution in [0.5, 0.6) is 0 Å². The van der Waals surface area contributed by atoms with E-state index in [4.69, 9.17) is 10.8 Å². The zero-order valence-electron chi connectivity index (χ0n) is 5.33. The molecule has 0 spiro atoms. The average Bonchev–Trinajstić information content (AvgIpc) is 1.82. The van der Waals surface area contributed by atoms with Gasteiger partial charge in [-0.1, -0.05) is 0 Å². The second-order valence-electron chi connectivity index (χ2n) is 1.70. The zero-order chi connectivity index (χ0) is 7.28. The van der Waals surface area contributed by atoms with Gasteiger partial charge in [-0.2, -0.15) is 0 Å². The molecule has 0 rings (SSSR count). The Bertz CT molecular complexity index is 97.0. The molecule has 4 heteroatoms. The number of hydrogen-bond donors (Lipinski definition) is 2. The van der Waals surface area contributed by atoms with Gasteiger partial charge in [0.15, 0.2) is 0 Å². The van der Waals surface area contributed by atoms with Crippen LogP contribution in [0.1, 0.15) is 6.42 Å². The molecule has 0 aliphatic carbocycles. The Kier molecular flexibility index (Phi) is 4.77. The minimum atomic E-state index is -0.924. The van der Waals surface area contributed by atoms with Crippen LogP contribution < -0.4 is 5.73 Å². The van der Waals surface area contributed by atoms with Crippen molar-refractivity contribution < 1.29 is 9.90 Å². The van der Waals surface area contributed by atoms with E-state index in [0.717, 1.165) is 5.32 Å². The fraction of sp³-hybridized carbons (Fsp3) is 0.800. The summed E-state index contributed by atoms with van der Waals surface area (Å²) in [5.41, 5.74) is 4.79. The van der Waals surface area contributed by atoms with Gasteiger partial charge in [0.05, 0.1) is 0 Å². The topological polar surface area (TPSA) is 63.3 Å². The predicted molar refractivity (Wildman–Crippen MR) is 36.2 cm³/mol. The van der Waals surface area contributed by atoms with Crippen molar-refractivity contribution in [2.75, 3.05) is 0 Å². The molecule has 1 atom stereocenters. The number of aliphatic hydroxyl groups is 1. The van der Waals surface area contributed by atoms with Crippen molar-refractivity contribution in [3.05, 3.63) is 0 Å². The molecule has 0 saturated heterocycles. The summed E-state index contributed by atoms with van der Waals surface area (Å²) in [6.45, 7) is 0. The first kappa shape index (κ1) is 8.95. The molecule has 0 aromatic carbocycles. The zero-order valence-corrected chi connectivity index (χ0v) is 7.05. The predicted octanol–water partition coefficient (Wildman–Crippen LogP) is -0.607. The van der Waals surface area contributed by atoms with Gasteiger partial charge < -0.3 is 0 Å². The van der Waals surface area contributed by atoms with Crippen LogP contribution in [-0.4, -0.2) is 32.1 Å². The molecular weight excluding hydrogens is 185 g/mol. The molecule has 1 unspecified atom stereocenters. The van der Waals surface area contributed by atoms with Crippen molar-refractivity contribution in [1.29, 1.82) is 0 Å². The van der Waals surface area contributed by atoms with Crippen LogP contribution in [0.2, 0.25) is 11.1 Å². The summed E-state index contributed by atoms with van der Waals surface area (Å²) in [6, 6.07) is 0. The normalized spacial score (nSPS) is 13.1. The molecular formula is C5H11NO2Se. The molecule has 0 heterocycles. The van der Waals surface area contributed by atoms with Crippen LogP contribution in [-0.2, 0) is 4.79 Å². The van der Waals surface area contributed by atoms with E-state index >= 15 is 0 Å². The van der Waals surface area contributed by atoms with Gasteiger partial charge in [0.2, 0.25) is 0 Å². The Hall–Kier alpha value is -0.0505. The molecule has 0 aromatic rings. The third-order valence-electron chi connectivity index (χ3n) is 0.924. The maximum absolute atomic E-state index is 10.2. The maximum atomic E-state index is 10.2. The SMILES string of the molecule is C[Se]CCC(O)C(N)=O. The molecule has 0 aliphatic rings. The molecule has 0 saturated carbocycles. The van der Waals surface area contributed by atoms with Gasteiger partial charge in [0.25, 0.3) is 0 Å². The number of carbonyl (C=O) groups excluding carboxylic acids is 1. The van der Waals surface area contributed by atoms with Crippen molar-refractivity contribution >= 4 is 20.9 Å². The van der Waals surface area contributed by atoms with Gasteiger partial charge >= 0.3 is 60.2 Å². The Morgan fingerprint density at radius 2 is 2.44 bits per heavy atom. The summed E-state index contributed by atoms with van der Waals surface area (Å²) in [5.74, 6) is 1.44. The van der Waals surface area contributed by atoms with E-state index in [1.165, 1.54) is 0 Å². The number of hydrogen-bond acceptors (Lipinski definition) is 2. The van der Waals surface area contributed by atoms with E-state index in [0.29, 0.717) is 21.4 Å². The molecule has 0 aromatic heterocycles. The van der Waals surface area contributed by atoms with Crippen molar-refractivity contribution in [3.63, 3.8) is 0 Å². The van der Waals surface area contributed by atoms with E-state index in [1.807, 2.05) is 0 Å². The first-order chi connectivity index (χ1) is 4.18. The monoisotopic (exact) mass is 197 g/mol. The van der Waals surface area contributed by atoms with E-state index in [-0.39, 0.29) is 0 Å². The van der Waals surface area contributed by atoms with Crippen molar-refractivity contribution in [1.82, 2.24) is 0 Å². The molecule has 0 radical (unpaired) electrons. The minimum absolute atomic E-state index is 0.520. The third-order valence-corrected chi connectivity index (χ3v) is 2.27. The number of carbonyl (C=O) groups is 1. The van der Waals surface area contributed by atoms with Crippen LogP contribution in [0.3, 0.4) is 0 Å². The molecule has 3 N–H and O–H groups in total. The number of amides is 1. The summed E-state index contributed by atoms with van der Waals surface area (Å²) in [5, 5.41) is 9.71. The Morgan fingerprint density at radius 1 is 1.89 bits per heavy atom. The van der Waals surface area contributed by atoms with Gasteiger partial charge in [-0.05, 0) is 0 Å². The number of nitrogens with two attached hydrogens (primary N) is 1. The Labute approximate surface area is 60.8 Å². The van der Waals surface area contributed by atoms with E-state index in [2.05, 4.69) is 5.82 Å². The second kappa shape index (κ2) is 4.79. The standard InChI is InChI=1S/C5H11NO2Se/c1-9-3-2-4(7)5(6)8/h4,7H,2-3H2,1H3,(H2,6,8). The van der Waals surface area contributed by atoms with Crippen LogP contribution in [0.25, 0.3) is 0 Å². The molecule has 1 amide bonds. The number of aliphatic hydroxyl groups excluding tert-OH is 1. The number of rotatable bonds is 4. The van der Waals surface area contributed by atoms with Crippen LogP contribution >= 0.6 is 0 Å². The summed E-state index contributed by atoms with van der Waals surface area (Å²) in [4.78, 5) is 10.2. The van der Waals surface area contributed by atoms with Crippen molar-refractivity contribution in [2.45, 2.75) is 23.7 Å². The van der Waals surface area contributed by atoms with E-state index in [9.17, 15) is 4.79 Å². The molecule has 0 bridgehead atoms. The van der Waals surface area contributed by atoms with Crippen LogP contribution in [0.15, 0.2) is 0 Å². The average molecular weight is 196 g/mol. The van der Waals surface area contributed by atoms with Gasteiger partial charge in [0, 0.05) is 0 Å². The Morgan fingerprint density at radius 3 is 2.78 bits per heavy atom. The van der Waals surface area contributed by atoms with Gasteiger partial charge in [-0.3, -0.25) is 0 Å². The molecule has 54 valence electrons. The van der Waals surface area contributed by atoms with Gasteiger partial charge in [0.1, 0.15) is 0 Å². The number of primary amides is 1. The quantitative estimate of drug-likeness (QED) is 0.589. The fourth-order valence-electron chi connectivity index (χ4n) is 0.372. The molecule has 3 nitrogen and oxygen atoms in total. The molecule has 0 aliphatic heterocycles. The summed E-state index contributed by atoms with van der Waals surface area (Å²) < 4.78 is 0. The summed E-state index contributed by atoms with van der Waals surface area (Å²) in [7, 11) is 0. The van der Waals surface area contributed by atoms with Gasteiger partial charge in [-0.25, -0.2) is 0 Å². The summed E-state index contributed by atoms with van der Waals surface area (Å²) in [6.07, 6.45) is -0.405. The van der Waals surface area contributed by atoms with E-state index in [1.54, 1.807) is 0 Å². The Balaban J connectivity index is 3.27. The van der Waals surface area contributed by atoms with Crippen molar-refractivity contribution in [3.8, 4) is 0 Å². The second-order valence-corrected chi connectivity index (χ2v) is 3.77. The van der Waals surface area contributed by atoms with Crippen molar-refractivity contribution in [2.24, 2.45) is 5.73 Å². The van der Waals surface area contributed by atoms with E-state index < -0.39 is 12.0 Å². The van der Waals surface area contributed by atoms with Gasteiger partial charge in [-0.15, -0.1) is 0 Å². The third kappa shape index (κ3) is 4.45.